The lowest BCUT2D eigenvalue weighted by Gasteiger charge is -2.65. The fourth-order valence-corrected chi connectivity index (χ4v) is 6.43. The van der Waals surface area contributed by atoms with Crippen LogP contribution in [-0.4, -0.2) is 22.4 Å². The summed E-state index contributed by atoms with van der Waals surface area (Å²) >= 11 is 0. The summed E-state index contributed by atoms with van der Waals surface area (Å²) in [6.07, 6.45) is 13.2. The SMILES string of the molecule is CCCCCCC(C)(O)C12CC3CC(CC(CO)(C3)C1)C2. The van der Waals surface area contributed by atoms with Crippen LogP contribution in [0.2, 0.25) is 0 Å². The molecule has 0 amide bonds. The molecule has 3 atom stereocenters. The number of aliphatic hydroxyl groups excluding tert-OH is 1. The van der Waals surface area contributed by atoms with Crippen LogP contribution < -0.4 is 0 Å². The average Bonchev–Trinajstić information content (AvgIpc) is 2.42. The number of rotatable bonds is 7. The van der Waals surface area contributed by atoms with Crippen LogP contribution in [0.15, 0.2) is 0 Å². The topological polar surface area (TPSA) is 40.5 Å². The predicted molar refractivity (Wildman–Crippen MR) is 86.0 cm³/mol. The first-order valence-corrected chi connectivity index (χ1v) is 9.27. The van der Waals surface area contributed by atoms with Crippen LogP contribution in [-0.2, 0) is 0 Å². The van der Waals surface area contributed by atoms with E-state index in [1.807, 2.05) is 0 Å². The Morgan fingerprint density at radius 3 is 2.29 bits per heavy atom. The molecule has 0 saturated heterocycles. The van der Waals surface area contributed by atoms with Crippen LogP contribution in [0.4, 0.5) is 0 Å². The summed E-state index contributed by atoms with van der Waals surface area (Å²) in [5.74, 6) is 1.53. The van der Waals surface area contributed by atoms with Gasteiger partial charge in [0.15, 0.2) is 0 Å². The number of unbranched alkanes of at least 4 members (excludes halogenated alkanes) is 3. The molecule has 4 saturated carbocycles. The molecule has 0 radical (unpaired) electrons. The largest absolute Gasteiger partial charge is 0.396 e. The van der Waals surface area contributed by atoms with E-state index in [-0.39, 0.29) is 10.8 Å². The Morgan fingerprint density at radius 2 is 1.71 bits per heavy atom. The molecule has 4 bridgehead atoms. The molecule has 3 unspecified atom stereocenters. The Kier molecular flexibility index (Phi) is 4.16. The Morgan fingerprint density at radius 1 is 1.05 bits per heavy atom. The number of hydrogen-bond donors (Lipinski definition) is 2. The van der Waals surface area contributed by atoms with Crippen molar-refractivity contribution in [1.29, 1.82) is 0 Å². The maximum absolute atomic E-state index is 11.3. The summed E-state index contributed by atoms with van der Waals surface area (Å²) in [4.78, 5) is 0. The highest BCUT2D eigenvalue weighted by atomic mass is 16.3. The van der Waals surface area contributed by atoms with E-state index in [2.05, 4.69) is 13.8 Å². The predicted octanol–water partition coefficient (Wildman–Crippen LogP) is 4.29. The Balaban J connectivity index is 1.73. The van der Waals surface area contributed by atoms with Crippen molar-refractivity contribution in [3.05, 3.63) is 0 Å². The molecule has 4 aliphatic carbocycles. The van der Waals surface area contributed by atoms with Crippen molar-refractivity contribution < 1.29 is 10.2 Å². The minimum atomic E-state index is -0.529. The summed E-state index contributed by atoms with van der Waals surface area (Å²) in [5, 5.41) is 21.3. The van der Waals surface area contributed by atoms with Crippen molar-refractivity contribution in [3.63, 3.8) is 0 Å². The summed E-state index contributed by atoms with van der Waals surface area (Å²) in [7, 11) is 0. The van der Waals surface area contributed by atoms with Crippen molar-refractivity contribution in [2.75, 3.05) is 6.61 Å². The molecule has 2 nitrogen and oxygen atoms in total. The van der Waals surface area contributed by atoms with Crippen LogP contribution in [0, 0.1) is 22.7 Å². The molecule has 0 aromatic carbocycles. The molecule has 0 heterocycles. The van der Waals surface area contributed by atoms with E-state index in [0.717, 1.165) is 31.1 Å². The van der Waals surface area contributed by atoms with Crippen LogP contribution in [0.5, 0.6) is 0 Å². The second-order valence-corrected chi connectivity index (χ2v) is 8.98. The van der Waals surface area contributed by atoms with Crippen molar-refractivity contribution in [2.45, 2.75) is 90.1 Å². The standard InChI is InChI=1S/C19H34O2/c1-3-4-5-6-7-17(2,21)19-11-15-8-16(12-19)10-18(9-15,13-19)14-20/h15-16,20-21H,3-14H2,1-2H3. The lowest BCUT2D eigenvalue weighted by atomic mass is 9.41. The first-order valence-electron chi connectivity index (χ1n) is 9.27. The molecule has 21 heavy (non-hydrogen) atoms. The molecule has 0 aromatic rings. The van der Waals surface area contributed by atoms with E-state index in [0.29, 0.717) is 6.61 Å². The van der Waals surface area contributed by atoms with E-state index in [4.69, 9.17) is 0 Å². The van der Waals surface area contributed by atoms with Gasteiger partial charge in [-0.1, -0.05) is 32.6 Å². The second kappa shape index (κ2) is 5.53. The number of hydrogen-bond acceptors (Lipinski definition) is 2. The van der Waals surface area contributed by atoms with Gasteiger partial charge in [0, 0.05) is 6.61 Å². The zero-order valence-electron chi connectivity index (χ0n) is 14.0. The Labute approximate surface area is 130 Å². The monoisotopic (exact) mass is 294 g/mol. The highest BCUT2D eigenvalue weighted by Gasteiger charge is 2.62. The van der Waals surface area contributed by atoms with E-state index in [1.54, 1.807) is 0 Å². The van der Waals surface area contributed by atoms with Crippen molar-refractivity contribution in [3.8, 4) is 0 Å². The summed E-state index contributed by atoms with van der Waals surface area (Å²) in [5.41, 5.74) is -0.275. The zero-order chi connectivity index (χ0) is 15.1. The van der Waals surface area contributed by atoms with Gasteiger partial charge >= 0.3 is 0 Å². The third-order valence-corrected chi connectivity index (χ3v) is 7.18. The van der Waals surface area contributed by atoms with Gasteiger partial charge in [-0.05, 0) is 74.5 Å². The normalized spacial score (nSPS) is 44.0. The molecular formula is C19H34O2. The summed E-state index contributed by atoms with van der Waals surface area (Å²) in [6, 6.07) is 0. The molecule has 4 rings (SSSR count). The van der Waals surface area contributed by atoms with E-state index in [9.17, 15) is 10.2 Å². The van der Waals surface area contributed by atoms with Gasteiger partial charge < -0.3 is 10.2 Å². The lowest BCUT2D eigenvalue weighted by molar-refractivity contribution is -0.209. The smallest absolute Gasteiger partial charge is 0.0676 e. The molecule has 0 spiro atoms. The van der Waals surface area contributed by atoms with Gasteiger partial charge in [0.1, 0.15) is 0 Å². The maximum atomic E-state index is 11.3. The minimum absolute atomic E-state index is 0.103. The third-order valence-electron chi connectivity index (χ3n) is 7.18. The lowest BCUT2D eigenvalue weighted by Crippen LogP contribution is -2.61. The zero-order valence-corrected chi connectivity index (χ0v) is 14.0. The fraction of sp³-hybridized carbons (Fsp3) is 1.00. The van der Waals surface area contributed by atoms with Crippen molar-refractivity contribution in [2.24, 2.45) is 22.7 Å². The fourth-order valence-electron chi connectivity index (χ4n) is 6.43. The van der Waals surface area contributed by atoms with E-state index >= 15 is 0 Å². The number of aliphatic hydroxyl groups is 2. The summed E-state index contributed by atoms with van der Waals surface area (Å²) in [6.45, 7) is 4.69. The average molecular weight is 294 g/mol. The Hall–Kier alpha value is -0.0800. The van der Waals surface area contributed by atoms with Crippen LogP contribution in [0.3, 0.4) is 0 Å². The molecule has 0 aliphatic heterocycles. The molecule has 4 aliphatic rings. The van der Waals surface area contributed by atoms with Crippen LogP contribution in [0.1, 0.15) is 84.5 Å². The van der Waals surface area contributed by atoms with Crippen LogP contribution >= 0.6 is 0 Å². The van der Waals surface area contributed by atoms with Gasteiger partial charge in [0.05, 0.1) is 5.60 Å². The van der Waals surface area contributed by atoms with Crippen molar-refractivity contribution >= 4 is 0 Å². The minimum Gasteiger partial charge on any atom is -0.396 e. The maximum Gasteiger partial charge on any atom is 0.0676 e. The van der Waals surface area contributed by atoms with Gasteiger partial charge in [0.25, 0.3) is 0 Å². The molecule has 2 heteroatoms. The van der Waals surface area contributed by atoms with Crippen molar-refractivity contribution in [1.82, 2.24) is 0 Å². The Bertz CT molecular complexity index is 360. The highest BCUT2D eigenvalue weighted by Crippen LogP contribution is 2.68. The van der Waals surface area contributed by atoms with Gasteiger partial charge in [-0.25, -0.2) is 0 Å². The molecule has 2 N–H and O–H groups in total. The molecule has 0 aromatic heterocycles. The molecule has 4 fully saturated rings. The van der Waals surface area contributed by atoms with Gasteiger partial charge in [-0.15, -0.1) is 0 Å². The van der Waals surface area contributed by atoms with Gasteiger partial charge in [0.2, 0.25) is 0 Å². The van der Waals surface area contributed by atoms with Gasteiger partial charge in [-0.3, -0.25) is 0 Å². The summed E-state index contributed by atoms with van der Waals surface area (Å²) < 4.78 is 0. The van der Waals surface area contributed by atoms with Gasteiger partial charge in [-0.2, -0.15) is 0 Å². The quantitative estimate of drug-likeness (QED) is 0.688. The first-order chi connectivity index (χ1) is 9.94. The second-order valence-electron chi connectivity index (χ2n) is 8.98. The van der Waals surface area contributed by atoms with E-state index in [1.165, 1.54) is 51.4 Å². The van der Waals surface area contributed by atoms with Crippen LogP contribution in [0.25, 0.3) is 0 Å². The first kappa shape index (κ1) is 15.8. The molecule has 122 valence electrons. The third kappa shape index (κ3) is 2.67. The molecular weight excluding hydrogens is 260 g/mol. The highest BCUT2D eigenvalue weighted by molar-refractivity contribution is 5.12. The van der Waals surface area contributed by atoms with E-state index < -0.39 is 5.60 Å².